The molecule has 0 saturated carbocycles. The Morgan fingerprint density at radius 3 is 1.90 bits per heavy atom. The summed E-state index contributed by atoms with van der Waals surface area (Å²) in [7, 11) is 0. The van der Waals surface area contributed by atoms with Crippen LogP contribution >= 0.6 is 0 Å². The van der Waals surface area contributed by atoms with Crippen LogP contribution in [-0.2, 0) is 0 Å². The molecule has 0 aliphatic rings. The second kappa shape index (κ2) is 12.1. The lowest BCUT2D eigenvalue weighted by Gasteiger charge is -2.09. The highest BCUT2D eigenvalue weighted by molar-refractivity contribution is 6.12. The molecular formula is C25H32O4. The van der Waals surface area contributed by atoms with Crippen LogP contribution in [0.3, 0.4) is 0 Å². The Kier molecular flexibility index (Phi) is 9.42. The molecule has 2 N–H and O–H groups in total. The van der Waals surface area contributed by atoms with Gasteiger partial charge in [-0.3, -0.25) is 9.59 Å². The molecule has 0 amide bonds. The first-order valence-corrected chi connectivity index (χ1v) is 10.7. The van der Waals surface area contributed by atoms with Gasteiger partial charge in [0.25, 0.3) is 0 Å². The number of aromatic hydroxyl groups is 2. The van der Waals surface area contributed by atoms with Crippen LogP contribution in [0.1, 0.15) is 97.4 Å². The molecule has 0 fully saturated rings. The van der Waals surface area contributed by atoms with E-state index in [2.05, 4.69) is 6.92 Å². The summed E-state index contributed by atoms with van der Waals surface area (Å²) in [6.07, 6.45) is 10.8. The van der Waals surface area contributed by atoms with Crippen molar-refractivity contribution in [2.24, 2.45) is 0 Å². The van der Waals surface area contributed by atoms with Crippen molar-refractivity contribution >= 4 is 11.6 Å². The van der Waals surface area contributed by atoms with Crippen molar-refractivity contribution in [1.82, 2.24) is 0 Å². The summed E-state index contributed by atoms with van der Waals surface area (Å²) in [6.45, 7) is 2.21. The molecule has 0 aromatic heterocycles. The smallest absolute Gasteiger partial charge is 0.196 e. The van der Waals surface area contributed by atoms with Gasteiger partial charge in [0.15, 0.2) is 11.6 Å². The summed E-state index contributed by atoms with van der Waals surface area (Å²) < 4.78 is 0. The Morgan fingerprint density at radius 2 is 1.28 bits per heavy atom. The number of phenolic OH excluding ortho intramolecular Hbond substituents is 2. The predicted octanol–water partition coefficient (Wildman–Crippen LogP) is 6.43. The first-order valence-electron chi connectivity index (χ1n) is 10.7. The Labute approximate surface area is 173 Å². The average molecular weight is 397 g/mol. The molecule has 0 aliphatic heterocycles. The van der Waals surface area contributed by atoms with Gasteiger partial charge in [-0.15, -0.1) is 0 Å². The van der Waals surface area contributed by atoms with E-state index in [9.17, 15) is 19.8 Å². The van der Waals surface area contributed by atoms with Gasteiger partial charge in [0.05, 0.1) is 11.1 Å². The van der Waals surface area contributed by atoms with E-state index in [1.165, 1.54) is 44.6 Å². The maximum absolute atomic E-state index is 12.6. The van der Waals surface area contributed by atoms with Gasteiger partial charge < -0.3 is 10.2 Å². The van der Waals surface area contributed by atoms with Gasteiger partial charge in [-0.05, 0) is 12.5 Å². The molecule has 0 unspecified atom stereocenters. The van der Waals surface area contributed by atoms with Gasteiger partial charge in [-0.2, -0.15) is 0 Å². The second-order valence-electron chi connectivity index (χ2n) is 7.58. The Bertz CT molecular complexity index is 796. The van der Waals surface area contributed by atoms with E-state index in [0.717, 1.165) is 25.3 Å². The number of phenols is 2. The highest BCUT2D eigenvalue weighted by Crippen LogP contribution is 2.30. The van der Waals surface area contributed by atoms with Crippen LogP contribution in [0.2, 0.25) is 0 Å². The van der Waals surface area contributed by atoms with Crippen LogP contribution in [0.25, 0.3) is 0 Å². The Hall–Kier alpha value is -2.62. The van der Waals surface area contributed by atoms with Crippen LogP contribution in [0.4, 0.5) is 0 Å². The fraction of sp³-hybridized carbons (Fsp3) is 0.440. The SMILES string of the molecule is CCCCCCCCCCCC(=O)c1cc(C(=O)c2ccccc2)c(O)cc1O. The van der Waals surface area contributed by atoms with Gasteiger partial charge in [0.1, 0.15) is 11.5 Å². The van der Waals surface area contributed by atoms with E-state index >= 15 is 0 Å². The van der Waals surface area contributed by atoms with Crippen molar-refractivity contribution in [2.45, 2.75) is 71.1 Å². The van der Waals surface area contributed by atoms with Crippen molar-refractivity contribution in [2.75, 3.05) is 0 Å². The van der Waals surface area contributed by atoms with Crippen molar-refractivity contribution in [1.29, 1.82) is 0 Å². The lowest BCUT2D eigenvalue weighted by Crippen LogP contribution is -2.06. The summed E-state index contributed by atoms with van der Waals surface area (Å²) in [6, 6.07) is 11.0. The number of carbonyl (C=O) groups excluding carboxylic acids is 2. The van der Waals surface area contributed by atoms with Crippen LogP contribution < -0.4 is 0 Å². The lowest BCUT2D eigenvalue weighted by molar-refractivity contribution is 0.0976. The topological polar surface area (TPSA) is 74.6 Å². The summed E-state index contributed by atoms with van der Waals surface area (Å²) in [5.74, 6) is -1.18. The minimum absolute atomic E-state index is 0.0319. The Morgan fingerprint density at radius 1 is 0.724 bits per heavy atom. The molecule has 156 valence electrons. The van der Waals surface area contributed by atoms with Crippen LogP contribution in [-0.4, -0.2) is 21.8 Å². The number of benzene rings is 2. The quantitative estimate of drug-likeness (QED) is 0.302. The molecule has 29 heavy (non-hydrogen) atoms. The van der Waals surface area contributed by atoms with Crippen molar-refractivity contribution in [3.8, 4) is 11.5 Å². The fourth-order valence-electron chi connectivity index (χ4n) is 3.46. The predicted molar refractivity (Wildman–Crippen MR) is 116 cm³/mol. The molecule has 0 saturated heterocycles. The number of Topliss-reactive ketones (excluding diaryl/α,β-unsaturated/α-hetero) is 1. The van der Waals surface area contributed by atoms with Gasteiger partial charge in [-0.1, -0.05) is 88.6 Å². The van der Waals surface area contributed by atoms with Gasteiger partial charge in [0.2, 0.25) is 0 Å². The van der Waals surface area contributed by atoms with E-state index in [0.29, 0.717) is 12.0 Å². The first-order chi connectivity index (χ1) is 14.0. The van der Waals surface area contributed by atoms with Crippen molar-refractivity contribution in [3.63, 3.8) is 0 Å². The number of unbranched alkanes of at least 4 members (excludes halogenated alkanes) is 8. The highest BCUT2D eigenvalue weighted by atomic mass is 16.3. The Balaban J connectivity index is 1.89. The average Bonchev–Trinajstić information content (AvgIpc) is 2.72. The molecular weight excluding hydrogens is 364 g/mol. The molecule has 0 atom stereocenters. The van der Waals surface area contributed by atoms with E-state index in [1.54, 1.807) is 30.3 Å². The summed E-state index contributed by atoms with van der Waals surface area (Å²) in [5, 5.41) is 20.2. The maximum atomic E-state index is 12.6. The summed E-state index contributed by atoms with van der Waals surface area (Å²) >= 11 is 0. The summed E-state index contributed by atoms with van der Waals surface area (Å²) in [4.78, 5) is 25.2. The molecule has 2 aromatic rings. The number of rotatable bonds is 13. The molecule has 4 nitrogen and oxygen atoms in total. The molecule has 2 rings (SSSR count). The zero-order chi connectivity index (χ0) is 21.1. The highest BCUT2D eigenvalue weighted by Gasteiger charge is 2.20. The molecule has 0 spiro atoms. The van der Waals surface area contributed by atoms with Crippen LogP contribution in [0.5, 0.6) is 11.5 Å². The zero-order valence-electron chi connectivity index (χ0n) is 17.3. The standard InChI is InChI=1S/C25H32O4/c1-2-3-4-5-6-7-8-9-13-16-22(26)20-17-21(24(28)18-23(20)27)25(29)19-14-11-10-12-15-19/h10-12,14-15,17-18,27-28H,2-9,13,16H2,1H3. The third-order valence-corrected chi connectivity index (χ3v) is 5.20. The lowest BCUT2D eigenvalue weighted by atomic mass is 9.96. The zero-order valence-corrected chi connectivity index (χ0v) is 17.3. The largest absolute Gasteiger partial charge is 0.507 e. The molecule has 0 aliphatic carbocycles. The van der Waals surface area contributed by atoms with Gasteiger partial charge in [0, 0.05) is 18.1 Å². The molecule has 0 bridgehead atoms. The molecule has 2 aromatic carbocycles. The van der Waals surface area contributed by atoms with E-state index in [4.69, 9.17) is 0 Å². The number of hydrogen-bond acceptors (Lipinski definition) is 4. The van der Waals surface area contributed by atoms with E-state index in [1.807, 2.05) is 0 Å². The van der Waals surface area contributed by atoms with Crippen LogP contribution in [0.15, 0.2) is 42.5 Å². The minimum Gasteiger partial charge on any atom is -0.507 e. The van der Waals surface area contributed by atoms with Gasteiger partial charge >= 0.3 is 0 Å². The van der Waals surface area contributed by atoms with Crippen molar-refractivity contribution < 1.29 is 19.8 Å². The fourth-order valence-corrected chi connectivity index (χ4v) is 3.46. The normalized spacial score (nSPS) is 10.8. The number of carbonyl (C=O) groups is 2. The molecule has 0 heterocycles. The second-order valence-corrected chi connectivity index (χ2v) is 7.58. The number of ketones is 2. The maximum Gasteiger partial charge on any atom is 0.196 e. The number of hydrogen-bond donors (Lipinski definition) is 2. The molecule has 4 heteroatoms. The molecule has 0 radical (unpaired) electrons. The third kappa shape index (κ3) is 7.04. The first kappa shape index (κ1) is 22.7. The summed E-state index contributed by atoms with van der Waals surface area (Å²) in [5.41, 5.74) is 0.553. The van der Waals surface area contributed by atoms with Gasteiger partial charge in [-0.25, -0.2) is 0 Å². The van der Waals surface area contributed by atoms with Crippen LogP contribution in [0, 0.1) is 0 Å². The minimum atomic E-state index is -0.375. The third-order valence-electron chi connectivity index (χ3n) is 5.20. The van der Waals surface area contributed by atoms with E-state index < -0.39 is 0 Å². The van der Waals surface area contributed by atoms with E-state index in [-0.39, 0.29) is 34.2 Å². The van der Waals surface area contributed by atoms with Crippen molar-refractivity contribution in [3.05, 3.63) is 59.2 Å². The monoisotopic (exact) mass is 396 g/mol.